The summed E-state index contributed by atoms with van der Waals surface area (Å²) in [5.74, 6) is 1.02. The molecule has 1 saturated heterocycles. The summed E-state index contributed by atoms with van der Waals surface area (Å²) in [6, 6.07) is 13.2. The van der Waals surface area contributed by atoms with Gasteiger partial charge in [-0.05, 0) is 42.0 Å². The minimum atomic E-state index is -0.685. The van der Waals surface area contributed by atoms with E-state index < -0.39 is 11.5 Å². The fraction of sp³-hybridized carbons (Fsp3) is 0.455. The lowest BCUT2D eigenvalue weighted by molar-refractivity contribution is -0.124. The van der Waals surface area contributed by atoms with E-state index in [-0.39, 0.29) is 17.6 Å². The molecule has 2 atom stereocenters. The number of hydrogen-bond acceptors (Lipinski definition) is 6. The number of aromatic nitrogens is 2. The number of benzene rings is 1. The Kier molecular flexibility index (Phi) is 4.97. The van der Waals surface area contributed by atoms with Gasteiger partial charge in [0.05, 0.1) is 17.6 Å². The first-order chi connectivity index (χ1) is 13.9. The highest BCUT2D eigenvalue weighted by Crippen LogP contribution is 2.48. The smallest absolute Gasteiger partial charge is 0.231 e. The third-order valence-corrected chi connectivity index (χ3v) is 6.01. The van der Waals surface area contributed by atoms with Crippen molar-refractivity contribution in [3.05, 3.63) is 53.2 Å². The summed E-state index contributed by atoms with van der Waals surface area (Å²) in [7, 11) is 0. The van der Waals surface area contributed by atoms with Crippen LogP contribution in [0.2, 0.25) is 0 Å². The number of hydrogen-bond donors (Lipinski definition) is 2. The normalized spacial score (nSPS) is 22.4. The lowest BCUT2D eigenvalue weighted by atomic mass is 9.92. The Labute approximate surface area is 170 Å². The number of rotatable bonds is 5. The van der Waals surface area contributed by atoms with Crippen LogP contribution < -0.4 is 10.2 Å². The SMILES string of the molecule is CC(C)c1ccc(C2(C(=O)N[C@@H]3CN(c4ccc(C#N)nn4)C[C@H]3O)CC2)cc1. The minimum Gasteiger partial charge on any atom is -0.389 e. The molecule has 1 aliphatic carbocycles. The zero-order valence-electron chi connectivity index (χ0n) is 16.7. The summed E-state index contributed by atoms with van der Waals surface area (Å²) in [6.07, 6.45) is 0.969. The molecule has 0 unspecified atom stereocenters. The number of aliphatic hydroxyl groups is 1. The fourth-order valence-electron chi connectivity index (χ4n) is 3.93. The Morgan fingerprint density at radius 1 is 1.21 bits per heavy atom. The van der Waals surface area contributed by atoms with Gasteiger partial charge in [0.1, 0.15) is 6.07 Å². The van der Waals surface area contributed by atoms with E-state index in [4.69, 9.17) is 5.26 Å². The Bertz CT molecular complexity index is 929. The van der Waals surface area contributed by atoms with Crippen molar-refractivity contribution in [3.63, 3.8) is 0 Å². The highest BCUT2D eigenvalue weighted by molar-refractivity contribution is 5.91. The first-order valence-electron chi connectivity index (χ1n) is 10.0. The molecular formula is C22H25N5O2. The molecule has 1 saturated carbocycles. The maximum Gasteiger partial charge on any atom is 0.231 e. The average molecular weight is 391 g/mol. The fourth-order valence-corrected chi connectivity index (χ4v) is 3.93. The van der Waals surface area contributed by atoms with Crippen molar-refractivity contribution >= 4 is 11.7 Å². The van der Waals surface area contributed by atoms with Crippen molar-refractivity contribution < 1.29 is 9.90 Å². The summed E-state index contributed by atoms with van der Waals surface area (Å²) in [5.41, 5.74) is 2.08. The van der Waals surface area contributed by atoms with Crippen molar-refractivity contribution in [2.24, 2.45) is 0 Å². The van der Waals surface area contributed by atoms with Crippen molar-refractivity contribution in [2.75, 3.05) is 18.0 Å². The summed E-state index contributed by atoms with van der Waals surface area (Å²) < 4.78 is 0. The number of nitriles is 1. The molecule has 7 nitrogen and oxygen atoms in total. The minimum absolute atomic E-state index is 0.0217. The number of anilines is 1. The van der Waals surface area contributed by atoms with Crippen molar-refractivity contribution in [2.45, 2.75) is 50.2 Å². The molecule has 4 rings (SSSR count). The zero-order valence-corrected chi connectivity index (χ0v) is 16.7. The van der Waals surface area contributed by atoms with Gasteiger partial charge in [-0.15, -0.1) is 10.2 Å². The van der Waals surface area contributed by atoms with E-state index in [2.05, 4.69) is 53.6 Å². The van der Waals surface area contributed by atoms with Gasteiger partial charge in [-0.2, -0.15) is 5.26 Å². The van der Waals surface area contributed by atoms with Crippen LogP contribution in [0.1, 0.15) is 49.4 Å². The van der Waals surface area contributed by atoms with E-state index in [1.54, 1.807) is 12.1 Å². The number of carbonyl (C=O) groups excluding carboxylic acids is 1. The lowest BCUT2D eigenvalue weighted by Gasteiger charge is -2.22. The average Bonchev–Trinajstić information content (AvgIpc) is 3.47. The number of β-amino-alcohol motifs (C(OH)–C–C–N with tert-alkyl or cyclic N) is 1. The molecule has 2 N–H and O–H groups in total. The number of nitrogens with zero attached hydrogens (tertiary/aromatic N) is 4. The molecule has 7 heteroatoms. The Balaban J connectivity index is 1.43. The van der Waals surface area contributed by atoms with Crippen LogP contribution in [0.3, 0.4) is 0 Å². The van der Waals surface area contributed by atoms with Gasteiger partial charge in [0.25, 0.3) is 0 Å². The van der Waals surface area contributed by atoms with E-state index in [9.17, 15) is 9.90 Å². The van der Waals surface area contributed by atoms with Crippen molar-refractivity contribution in [3.8, 4) is 6.07 Å². The predicted octanol–water partition coefficient (Wildman–Crippen LogP) is 1.87. The van der Waals surface area contributed by atoms with Gasteiger partial charge in [-0.25, -0.2) is 0 Å². The monoisotopic (exact) mass is 391 g/mol. The molecule has 2 fully saturated rings. The van der Waals surface area contributed by atoms with Crippen LogP contribution >= 0.6 is 0 Å². The summed E-state index contributed by atoms with van der Waals surface area (Å²) >= 11 is 0. The van der Waals surface area contributed by atoms with Gasteiger partial charge in [0.2, 0.25) is 5.91 Å². The third-order valence-electron chi connectivity index (χ3n) is 6.01. The molecule has 0 radical (unpaired) electrons. The molecule has 1 amide bonds. The summed E-state index contributed by atoms with van der Waals surface area (Å²) in [4.78, 5) is 14.9. The molecule has 1 aromatic carbocycles. The van der Waals surface area contributed by atoms with Crippen LogP contribution in [0.4, 0.5) is 5.82 Å². The van der Waals surface area contributed by atoms with Gasteiger partial charge in [0.15, 0.2) is 11.5 Å². The number of carbonyl (C=O) groups is 1. The molecule has 0 bridgehead atoms. The van der Waals surface area contributed by atoms with Gasteiger partial charge < -0.3 is 15.3 Å². The lowest BCUT2D eigenvalue weighted by Crippen LogP contribution is -2.47. The molecule has 2 aromatic rings. The first kappa shape index (κ1) is 19.3. The second kappa shape index (κ2) is 7.45. The maximum atomic E-state index is 13.1. The summed E-state index contributed by atoms with van der Waals surface area (Å²) in [5, 5.41) is 30.2. The topological polar surface area (TPSA) is 102 Å². The standard InChI is InChI=1S/C22H25N5O2/c1-14(2)15-3-5-16(6-4-15)22(9-10-22)21(29)24-18-12-27(13-19(18)28)20-8-7-17(11-23)25-26-20/h3-8,14,18-19,28H,9-10,12-13H2,1-2H3,(H,24,29)/t18-,19-/m1/s1. The Morgan fingerprint density at radius 2 is 1.93 bits per heavy atom. The van der Waals surface area contributed by atoms with E-state index in [0.717, 1.165) is 18.4 Å². The van der Waals surface area contributed by atoms with Gasteiger partial charge in [-0.3, -0.25) is 4.79 Å². The van der Waals surface area contributed by atoms with Gasteiger partial charge in [-0.1, -0.05) is 38.1 Å². The molecule has 2 aliphatic rings. The molecule has 150 valence electrons. The zero-order chi connectivity index (χ0) is 20.6. The highest BCUT2D eigenvalue weighted by atomic mass is 16.3. The summed E-state index contributed by atoms with van der Waals surface area (Å²) in [6.45, 7) is 5.12. The van der Waals surface area contributed by atoms with E-state index >= 15 is 0 Å². The first-order valence-corrected chi connectivity index (χ1v) is 10.0. The van der Waals surface area contributed by atoms with Crippen LogP contribution in [0.15, 0.2) is 36.4 Å². The van der Waals surface area contributed by atoms with Crippen LogP contribution in [-0.2, 0) is 10.2 Å². The van der Waals surface area contributed by atoms with E-state index in [1.165, 1.54) is 5.56 Å². The molecular weight excluding hydrogens is 366 g/mol. The van der Waals surface area contributed by atoms with Gasteiger partial charge >= 0.3 is 0 Å². The Morgan fingerprint density at radius 3 is 2.48 bits per heavy atom. The van der Waals surface area contributed by atoms with E-state index in [0.29, 0.717) is 24.8 Å². The van der Waals surface area contributed by atoms with Crippen molar-refractivity contribution in [1.82, 2.24) is 15.5 Å². The second-order valence-corrected chi connectivity index (χ2v) is 8.30. The van der Waals surface area contributed by atoms with Crippen LogP contribution in [-0.4, -0.2) is 46.4 Å². The molecule has 0 spiro atoms. The molecule has 1 aromatic heterocycles. The largest absolute Gasteiger partial charge is 0.389 e. The van der Waals surface area contributed by atoms with Crippen molar-refractivity contribution in [1.29, 1.82) is 5.26 Å². The number of amides is 1. The maximum absolute atomic E-state index is 13.1. The molecule has 1 aliphatic heterocycles. The number of aliphatic hydroxyl groups excluding tert-OH is 1. The molecule has 2 heterocycles. The number of nitrogens with one attached hydrogen (secondary N) is 1. The van der Waals surface area contributed by atoms with E-state index in [1.807, 2.05) is 11.0 Å². The van der Waals surface area contributed by atoms with Crippen LogP contribution in [0, 0.1) is 11.3 Å². The second-order valence-electron chi connectivity index (χ2n) is 8.30. The van der Waals surface area contributed by atoms with Crippen LogP contribution in [0.25, 0.3) is 0 Å². The third kappa shape index (κ3) is 3.68. The quantitative estimate of drug-likeness (QED) is 0.807. The predicted molar refractivity (Wildman–Crippen MR) is 108 cm³/mol. The van der Waals surface area contributed by atoms with Gasteiger partial charge in [0, 0.05) is 13.1 Å². The van der Waals surface area contributed by atoms with Crippen LogP contribution in [0.5, 0.6) is 0 Å². The Hall–Kier alpha value is -2.98. The molecule has 29 heavy (non-hydrogen) atoms. The highest BCUT2D eigenvalue weighted by Gasteiger charge is 2.52.